The van der Waals surface area contributed by atoms with E-state index >= 15 is 0 Å². The van der Waals surface area contributed by atoms with Crippen LogP contribution in [0.25, 0.3) is 18.0 Å². The fraction of sp³-hybridized carbons (Fsp3) is 0.385. The van der Waals surface area contributed by atoms with Gasteiger partial charge in [0.2, 0.25) is 0 Å². The highest BCUT2D eigenvalue weighted by Gasteiger charge is 2.30. The molecule has 7 nitrogen and oxygen atoms in total. The highest BCUT2D eigenvalue weighted by molar-refractivity contribution is 7.83. The van der Waals surface area contributed by atoms with Crippen molar-refractivity contribution in [2.75, 3.05) is 13.6 Å². The first-order valence-corrected chi connectivity index (χ1v) is 12.2. The number of carbonyl (C=O) groups is 1. The lowest BCUT2D eigenvalue weighted by atomic mass is 10.1. The summed E-state index contributed by atoms with van der Waals surface area (Å²) in [6.45, 7) is 6.38. The molecule has 2 aromatic rings. The van der Waals surface area contributed by atoms with E-state index in [1.54, 1.807) is 13.3 Å². The van der Waals surface area contributed by atoms with Crippen LogP contribution < -0.4 is 21.8 Å². The summed E-state index contributed by atoms with van der Waals surface area (Å²) in [4.78, 5) is 46.1. The predicted molar refractivity (Wildman–Crippen MR) is 144 cm³/mol. The summed E-state index contributed by atoms with van der Waals surface area (Å²) in [5.74, 6) is -0.0910. The maximum atomic E-state index is 12.8. The summed E-state index contributed by atoms with van der Waals surface area (Å²) in [7, 11) is 3.15. The molecule has 0 aliphatic heterocycles. The number of unbranched alkanes of at least 4 members (excludes halogenated alkanes) is 1. The third-order valence-electron chi connectivity index (χ3n) is 5.71. The minimum Gasteiger partial charge on any atom is -0.377 e. The zero-order chi connectivity index (χ0) is 27.8. The van der Waals surface area contributed by atoms with Crippen molar-refractivity contribution in [3.8, 4) is 0 Å². The molecule has 200 valence electrons. The number of hydrogen-bond acceptors (Lipinski definition) is 6. The lowest BCUT2D eigenvalue weighted by molar-refractivity contribution is -0.137. The van der Waals surface area contributed by atoms with Gasteiger partial charge in [0.15, 0.2) is 0 Å². The number of Topliss-reactive ketones (excluding diaryl/α,β-unsaturated/α-hetero) is 1. The van der Waals surface area contributed by atoms with Crippen LogP contribution in [0, 0.1) is 0 Å². The Kier molecular flexibility index (Phi) is 10.7. The molecule has 1 N–H and O–H groups in total. The van der Waals surface area contributed by atoms with E-state index in [0.717, 1.165) is 23.1 Å². The van der Waals surface area contributed by atoms with Gasteiger partial charge in [0, 0.05) is 56.3 Å². The second-order valence-electron chi connectivity index (χ2n) is 8.52. The van der Waals surface area contributed by atoms with Crippen molar-refractivity contribution in [3.05, 3.63) is 72.2 Å². The van der Waals surface area contributed by atoms with Crippen LogP contribution in [0.15, 0.2) is 44.3 Å². The van der Waals surface area contributed by atoms with Crippen LogP contribution in [0.1, 0.15) is 50.2 Å². The van der Waals surface area contributed by atoms with E-state index in [4.69, 9.17) is 0 Å². The number of aromatic nitrogens is 2. The molecule has 37 heavy (non-hydrogen) atoms. The fourth-order valence-corrected chi connectivity index (χ4v) is 3.90. The molecule has 0 bridgehead atoms. The van der Waals surface area contributed by atoms with Crippen LogP contribution in [-0.4, -0.2) is 40.0 Å². The number of thiol groups is 1. The first-order chi connectivity index (χ1) is 17.4. The Balaban J connectivity index is 2.10. The molecule has 0 fully saturated rings. The molecule has 0 unspecified atom stereocenters. The molecule has 1 heterocycles. The summed E-state index contributed by atoms with van der Waals surface area (Å²) in [5.41, 5.74) is -0.445. The number of hydrogen-bond donors (Lipinski definition) is 2. The third kappa shape index (κ3) is 8.08. The first-order valence-electron chi connectivity index (χ1n) is 11.7. The minimum atomic E-state index is -4.41. The van der Waals surface area contributed by atoms with Gasteiger partial charge >= 0.3 is 11.9 Å². The Morgan fingerprint density at radius 1 is 1.24 bits per heavy atom. The van der Waals surface area contributed by atoms with E-state index in [1.165, 1.54) is 24.6 Å². The molecule has 0 saturated carbocycles. The van der Waals surface area contributed by atoms with E-state index in [0.29, 0.717) is 36.3 Å². The summed E-state index contributed by atoms with van der Waals surface area (Å²) >= 11 is 4.09. The number of aliphatic imine (C=N–C) groups is 1. The highest BCUT2D eigenvalue weighted by Crippen LogP contribution is 2.30. The largest absolute Gasteiger partial charge is 0.416 e. The predicted octanol–water partition coefficient (Wildman–Crippen LogP) is 3.08. The Morgan fingerprint density at radius 2 is 1.89 bits per heavy atom. The van der Waals surface area contributed by atoms with Gasteiger partial charge in [-0.25, -0.2) is 4.79 Å². The number of benzene rings is 1. The number of nitrogens with zero attached hydrogens (tertiary/aromatic N) is 3. The van der Waals surface area contributed by atoms with Gasteiger partial charge in [-0.3, -0.25) is 19.1 Å². The van der Waals surface area contributed by atoms with Gasteiger partial charge in [-0.15, -0.1) is 12.6 Å². The molecule has 0 aliphatic rings. The molecule has 1 aromatic heterocycles. The molecule has 1 aromatic carbocycles. The fourth-order valence-electron chi connectivity index (χ4n) is 3.69. The molecule has 0 spiro atoms. The van der Waals surface area contributed by atoms with Crippen LogP contribution in [0.2, 0.25) is 0 Å². The Labute approximate surface area is 218 Å². The van der Waals surface area contributed by atoms with E-state index in [1.807, 2.05) is 11.8 Å². The first kappa shape index (κ1) is 29.9. The Bertz CT molecular complexity index is 1390. The third-order valence-corrected chi connectivity index (χ3v) is 5.95. The second-order valence-corrected chi connectivity index (χ2v) is 8.78. The van der Waals surface area contributed by atoms with Gasteiger partial charge in [0.1, 0.15) is 5.78 Å². The zero-order valence-corrected chi connectivity index (χ0v) is 22.0. The molecule has 0 amide bonds. The molecule has 11 heteroatoms. The van der Waals surface area contributed by atoms with Crippen LogP contribution in [0.3, 0.4) is 0 Å². The number of halogens is 3. The average molecular weight is 537 g/mol. The van der Waals surface area contributed by atoms with Crippen LogP contribution in [0.4, 0.5) is 13.2 Å². The molecular weight excluding hydrogens is 505 g/mol. The van der Waals surface area contributed by atoms with E-state index in [9.17, 15) is 27.6 Å². The molecule has 0 radical (unpaired) electrons. The van der Waals surface area contributed by atoms with Crippen molar-refractivity contribution in [2.45, 2.75) is 45.2 Å². The van der Waals surface area contributed by atoms with Crippen molar-refractivity contribution in [3.63, 3.8) is 0 Å². The van der Waals surface area contributed by atoms with Gasteiger partial charge in [-0.2, -0.15) is 13.2 Å². The highest BCUT2D eigenvalue weighted by atomic mass is 32.1. The number of carbonyl (C=O) groups excluding carboxylic acids is 1. The summed E-state index contributed by atoms with van der Waals surface area (Å²) in [6, 6.07) is 4.62. The topological polar surface area (TPSA) is 87.5 Å². The summed E-state index contributed by atoms with van der Waals surface area (Å²) in [6.07, 6.45) is -0.856. The number of H-pyrrole nitrogens is 1. The van der Waals surface area contributed by atoms with Gasteiger partial charge in [-0.05, 0) is 36.8 Å². The SMILES string of the molecule is C=c1[nH]c(=O)n(C)c(=O)/c1=C(\CC(=O)CCCC=N/C(=C\S)c1ccc(C(F)(F)F)cc1)N(C)CCC. The molecule has 0 saturated heterocycles. The minimum absolute atomic E-state index is 0.00476. The normalized spacial score (nSPS) is 13.2. The van der Waals surface area contributed by atoms with Crippen LogP contribution in [-0.2, 0) is 18.0 Å². The average Bonchev–Trinajstić information content (AvgIpc) is 2.84. The van der Waals surface area contributed by atoms with Gasteiger partial charge in [0.25, 0.3) is 5.56 Å². The van der Waals surface area contributed by atoms with Gasteiger partial charge in [0.05, 0.1) is 16.5 Å². The standard InChI is InChI=1S/C26H31F3N4O3S/c1-5-14-32(3)22(23-17(2)31-25(36)33(4)24(23)35)15-20(34)8-6-7-13-30-21(16-37)18-9-11-19(12-10-18)26(27,28)29/h9-13,16,37H,2,5-8,14-15H2,1,3-4H3,(H,31,36)/b21-16-,23-22+,30-13?. The Morgan fingerprint density at radius 3 is 2.46 bits per heavy atom. The number of alkyl halides is 3. The van der Waals surface area contributed by atoms with E-state index in [-0.39, 0.29) is 29.2 Å². The van der Waals surface area contributed by atoms with Gasteiger partial charge in [-0.1, -0.05) is 25.6 Å². The lowest BCUT2D eigenvalue weighted by Crippen LogP contribution is -2.54. The molecule has 0 aliphatic carbocycles. The quantitative estimate of drug-likeness (QED) is 0.263. The maximum Gasteiger partial charge on any atom is 0.416 e. The van der Waals surface area contributed by atoms with Crippen molar-refractivity contribution < 1.29 is 18.0 Å². The Hall–Kier alpha value is -3.34. The lowest BCUT2D eigenvalue weighted by Gasteiger charge is -2.22. The molecular formula is C26H31F3N4O3S. The van der Waals surface area contributed by atoms with E-state index < -0.39 is 23.0 Å². The van der Waals surface area contributed by atoms with Crippen LogP contribution in [0.5, 0.6) is 0 Å². The van der Waals surface area contributed by atoms with Crippen molar-refractivity contribution in [1.82, 2.24) is 14.5 Å². The van der Waals surface area contributed by atoms with E-state index in [2.05, 4.69) is 29.2 Å². The monoisotopic (exact) mass is 536 g/mol. The number of rotatable bonds is 11. The van der Waals surface area contributed by atoms with Crippen molar-refractivity contribution in [1.29, 1.82) is 0 Å². The summed E-state index contributed by atoms with van der Waals surface area (Å²) < 4.78 is 39.2. The van der Waals surface area contributed by atoms with Crippen molar-refractivity contribution in [2.24, 2.45) is 12.0 Å². The van der Waals surface area contributed by atoms with Crippen molar-refractivity contribution >= 4 is 42.6 Å². The maximum absolute atomic E-state index is 12.8. The van der Waals surface area contributed by atoms with Crippen LogP contribution >= 0.6 is 12.6 Å². The number of nitrogens with one attached hydrogen (secondary N) is 1. The molecule has 2 rings (SSSR count). The second kappa shape index (κ2) is 13.3. The summed E-state index contributed by atoms with van der Waals surface area (Å²) in [5, 5.41) is 1.78. The van der Waals surface area contributed by atoms with Gasteiger partial charge < -0.3 is 9.88 Å². The smallest absolute Gasteiger partial charge is 0.377 e. The number of aromatic amines is 1. The number of ketones is 1. The molecule has 0 atom stereocenters. The zero-order valence-electron chi connectivity index (χ0n) is 21.1.